The first-order valence-electron chi connectivity index (χ1n) is 9.78. The number of aryl methyl sites for hydroxylation is 3. The highest BCUT2D eigenvalue weighted by Crippen LogP contribution is 2.20. The fourth-order valence-corrected chi connectivity index (χ4v) is 2.81. The summed E-state index contributed by atoms with van der Waals surface area (Å²) >= 11 is 0. The Kier molecular flexibility index (Phi) is 8.68. The van der Waals surface area contributed by atoms with Gasteiger partial charge in [-0.3, -0.25) is 4.99 Å². The number of guanidine groups is 1. The van der Waals surface area contributed by atoms with Gasteiger partial charge >= 0.3 is 0 Å². The van der Waals surface area contributed by atoms with Crippen molar-refractivity contribution < 1.29 is 4.74 Å². The Hall–Kier alpha value is -2.50. The van der Waals surface area contributed by atoms with Gasteiger partial charge in [0.25, 0.3) is 0 Å². The van der Waals surface area contributed by atoms with E-state index in [9.17, 15) is 0 Å². The SMILES string of the molecule is CCCOc1cc(C)ccc1CNC(=NC)NCCCCn1ccnc1C. The highest BCUT2D eigenvalue weighted by molar-refractivity contribution is 5.79. The van der Waals surface area contributed by atoms with Crippen molar-refractivity contribution in [1.29, 1.82) is 0 Å². The quantitative estimate of drug-likeness (QED) is 0.381. The number of benzene rings is 1. The summed E-state index contributed by atoms with van der Waals surface area (Å²) in [6, 6.07) is 6.33. The minimum atomic E-state index is 0.688. The first-order valence-corrected chi connectivity index (χ1v) is 9.78. The van der Waals surface area contributed by atoms with Crippen LogP contribution in [-0.4, -0.2) is 35.7 Å². The zero-order chi connectivity index (χ0) is 19.5. The van der Waals surface area contributed by atoms with Crippen molar-refractivity contribution in [2.75, 3.05) is 20.2 Å². The van der Waals surface area contributed by atoms with Gasteiger partial charge in [-0.05, 0) is 44.7 Å². The Balaban J connectivity index is 1.74. The van der Waals surface area contributed by atoms with Crippen LogP contribution in [0.5, 0.6) is 5.75 Å². The monoisotopic (exact) mass is 371 g/mol. The number of nitrogens with one attached hydrogen (secondary N) is 2. The molecule has 0 saturated heterocycles. The molecule has 0 atom stereocenters. The number of hydrogen-bond acceptors (Lipinski definition) is 3. The smallest absolute Gasteiger partial charge is 0.191 e. The van der Waals surface area contributed by atoms with Gasteiger partial charge in [0.15, 0.2) is 5.96 Å². The molecule has 148 valence electrons. The summed E-state index contributed by atoms with van der Waals surface area (Å²) in [5.41, 5.74) is 2.35. The number of nitrogens with zero attached hydrogens (tertiary/aromatic N) is 3. The normalized spacial score (nSPS) is 11.5. The van der Waals surface area contributed by atoms with E-state index in [-0.39, 0.29) is 0 Å². The summed E-state index contributed by atoms with van der Waals surface area (Å²) in [5, 5.41) is 6.76. The second-order valence-electron chi connectivity index (χ2n) is 6.69. The molecule has 0 aliphatic rings. The van der Waals surface area contributed by atoms with Crippen molar-refractivity contribution in [3.63, 3.8) is 0 Å². The largest absolute Gasteiger partial charge is 0.493 e. The van der Waals surface area contributed by atoms with E-state index in [0.717, 1.165) is 62.1 Å². The standard InChI is InChI=1S/C21H33N5O/c1-5-14-27-20-15-17(2)8-9-19(20)16-25-21(22-4)24-10-6-7-12-26-13-11-23-18(26)3/h8-9,11,13,15H,5-7,10,12,14,16H2,1-4H3,(H2,22,24,25). The molecule has 1 heterocycles. The molecule has 0 unspecified atom stereocenters. The van der Waals surface area contributed by atoms with Crippen LogP contribution < -0.4 is 15.4 Å². The van der Waals surface area contributed by atoms with E-state index in [4.69, 9.17) is 4.74 Å². The molecule has 0 bridgehead atoms. The molecule has 0 spiro atoms. The number of rotatable bonds is 10. The van der Waals surface area contributed by atoms with Crippen LogP contribution >= 0.6 is 0 Å². The third kappa shape index (κ3) is 6.96. The van der Waals surface area contributed by atoms with Crippen LogP contribution in [0.15, 0.2) is 35.6 Å². The maximum atomic E-state index is 5.88. The maximum absolute atomic E-state index is 5.88. The van der Waals surface area contributed by atoms with Gasteiger partial charge in [0, 0.05) is 44.6 Å². The third-order valence-corrected chi connectivity index (χ3v) is 4.40. The van der Waals surface area contributed by atoms with Gasteiger partial charge in [0.05, 0.1) is 6.61 Å². The van der Waals surface area contributed by atoms with Crippen molar-refractivity contribution in [1.82, 2.24) is 20.2 Å². The lowest BCUT2D eigenvalue weighted by Crippen LogP contribution is -2.37. The summed E-state index contributed by atoms with van der Waals surface area (Å²) in [7, 11) is 1.80. The molecule has 6 nitrogen and oxygen atoms in total. The first kappa shape index (κ1) is 20.8. The van der Waals surface area contributed by atoms with Gasteiger partial charge in [0.2, 0.25) is 0 Å². The molecule has 0 aliphatic heterocycles. The van der Waals surface area contributed by atoms with E-state index in [1.807, 2.05) is 19.3 Å². The third-order valence-electron chi connectivity index (χ3n) is 4.40. The molecule has 1 aromatic carbocycles. The molecular formula is C21H33N5O. The lowest BCUT2D eigenvalue weighted by molar-refractivity contribution is 0.313. The number of unbranched alkanes of at least 4 members (excludes halogenated alkanes) is 1. The minimum Gasteiger partial charge on any atom is -0.493 e. The maximum Gasteiger partial charge on any atom is 0.191 e. The highest BCUT2D eigenvalue weighted by Gasteiger charge is 2.06. The number of imidazole rings is 1. The summed E-state index contributed by atoms with van der Waals surface area (Å²) < 4.78 is 8.07. The fourth-order valence-electron chi connectivity index (χ4n) is 2.81. The first-order chi connectivity index (χ1) is 13.1. The predicted octanol–water partition coefficient (Wildman–Crippen LogP) is 3.43. The number of aliphatic imine (C=N–C) groups is 1. The lowest BCUT2D eigenvalue weighted by Gasteiger charge is -2.15. The molecule has 6 heteroatoms. The zero-order valence-corrected chi connectivity index (χ0v) is 17.1. The van der Waals surface area contributed by atoms with Crippen LogP contribution in [0.2, 0.25) is 0 Å². The minimum absolute atomic E-state index is 0.688. The summed E-state index contributed by atoms with van der Waals surface area (Å²) in [6.45, 7) is 9.55. The molecule has 1 aromatic heterocycles. The van der Waals surface area contributed by atoms with Crippen LogP contribution in [0.3, 0.4) is 0 Å². The Morgan fingerprint density at radius 3 is 2.78 bits per heavy atom. The van der Waals surface area contributed by atoms with Gasteiger partial charge in [-0.15, -0.1) is 0 Å². The van der Waals surface area contributed by atoms with Crippen LogP contribution in [0, 0.1) is 13.8 Å². The number of aromatic nitrogens is 2. The molecule has 2 aromatic rings. The Morgan fingerprint density at radius 2 is 2.07 bits per heavy atom. The van der Waals surface area contributed by atoms with Crippen LogP contribution in [-0.2, 0) is 13.1 Å². The molecular weight excluding hydrogens is 338 g/mol. The topological polar surface area (TPSA) is 63.5 Å². The van der Waals surface area contributed by atoms with Crippen molar-refractivity contribution in [3.05, 3.63) is 47.5 Å². The predicted molar refractivity (Wildman–Crippen MR) is 111 cm³/mol. The van der Waals surface area contributed by atoms with Crippen molar-refractivity contribution in [2.45, 2.75) is 53.1 Å². The van der Waals surface area contributed by atoms with Crippen molar-refractivity contribution in [2.24, 2.45) is 4.99 Å². The van der Waals surface area contributed by atoms with E-state index >= 15 is 0 Å². The molecule has 0 radical (unpaired) electrons. The van der Waals surface area contributed by atoms with Crippen LogP contribution in [0.1, 0.15) is 43.1 Å². The second-order valence-corrected chi connectivity index (χ2v) is 6.69. The average Bonchev–Trinajstić information content (AvgIpc) is 3.08. The molecule has 0 saturated carbocycles. The summed E-state index contributed by atoms with van der Waals surface area (Å²) in [6.07, 6.45) is 7.07. The Bertz CT molecular complexity index is 723. The number of ether oxygens (including phenoxy) is 1. The van der Waals surface area contributed by atoms with Gasteiger partial charge < -0.3 is 19.9 Å². The van der Waals surface area contributed by atoms with Crippen LogP contribution in [0.25, 0.3) is 0 Å². The molecule has 0 amide bonds. The molecule has 0 aliphatic carbocycles. The van der Waals surface area contributed by atoms with Crippen molar-refractivity contribution in [3.8, 4) is 5.75 Å². The van der Waals surface area contributed by atoms with Crippen LogP contribution in [0.4, 0.5) is 0 Å². The van der Waals surface area contributed by atoms with Gasteiger partial charge in [-0.2, -0.15) is 0 Å². The molecule has 27 heavy (non-hydrogen) atoms. The zero-order valence-electron chi connectivity index (χ0n) is 17.1. The van der Waals surface area contributed by atoms with Gasteiger partial charge in [-0.25, -0.2) is 4.98 Å². The van der Waals surface area contributed by atoms with E-state index in [1.54, 1.807) is 7.05 Å². The highest BCUT2D eigenvalue weighted by atomic mass is 16.5. The fraction of sp³-hybridized carbons (Fsp3) is 0.524. The van der Waals surface area contributed by atoms with E-state index in [2.05, 4.69) is 57.2 Å². The van der Waals surface area contributed by atoms with E-state index in [1.165, 1.54) is 5.56 Å². The molecule has 2 rings (SSSR count). The summed E-state index contributed by atoms with van der Waals surface area (Å²) in [4.78, 5) is 8.56. The number of hydrogen-bond donors (Lipinski definition) is 2. The Morgan fingerprint density at radius 1 is 1.22 bits per heavy atom. The lowest BCUT2D eigenvalue weighted by atomic mass is 10.1. The van der Waals surface area contributed by atoms with Gasteiger partial charge in [-0.1, -0.05) is 19.1 Å². The molecule has 2 N–H and O–H groups in total. The molecule has 0 fully saturated rings. The van der Waals surface area contributed by atoms with Crippen molar-refractivity contribution >= 4 is 5.96 Å². The summed E-state index contributed by atoms with van der Waals surface area (Å²) in [5.74, 6) is 2.84. The van der Waals surface area contributed by atoms with E-state index < -0.39 is 0 Å². The average molecular weight is 372 g/mol. The Labute approximate surface area is 163 Å². The van der Waals surface area contributed by atoms with Gasteiger partial charge in [0.1, 0.15) is 11.6 Å². The second kappa shape index (κ2) is 11.3. The van der Waals surface area contributed by atoms with E-state index in [0.29, 0.717) is 6.54 Å².